The SMILES string of the molecule is CC/C=C\C/C=C\C/C=C\C/C=C\C/C=C\C/C=C\C/C=C\C/C=C\C/C=C\CCCCCCCCCCCC(=O)NC(COC1OC(CO)C(OC2OC(CO)C(O)C(O)C2O)C(O)C1O)C(O)/C=C/CC/C=C/CC/C=C/CCCC. The highest BCUT2D eigenvalue weighted by atomic mass is 16.7. The Labute approximate surface area is 500 Å². The fraction of sp³-hybridized carbons (Fsp3) is 0.638. The standard InChI is InChI=1S/C69H111NO13/c1-3-5-7-9-11-13-15-17-18-19-20-21-22-23-24-25-26-27-28-29-30-31-32-33-34-35-36-37-38-39-40-41-43-45-47-49-51-53-61(74)70-57(58(73)52-50-48-46-44-42-16-14-12-10-8-6-4-2)56-80-68-66(79)64(77)67(60(55-72)82-68)83-69-65(78)63(76)62(75)59(54-71)81-69/h5,7,10-13,17-18,20-21,23-24,26-27,29-30,32-33,35-36,42,44,50,52,57-60,62-69,71-73,75-79H,3-4,6,8-9,14-16,19,22,25,28,31,34,37-41,43,45-49,51,53-56H2,1-2H3,(H,70,74)/b7-5-,12-10+,13-11-,18-17-,21-20-,24-23-,27-26-,30-29-,33-32-,36-35-,44-42+,52-50+. The summed E-state index contributed by atoms with van der Waals surface area (Å²) in [5, 5.41) is 87.0. The third kappa shape index (κ3) is 37.1. The Morgan fingerprint density at radius 3 is 1.33 bits per heavy atom. The Balaban J connectivity index is 1.65. The molecule has 0 radical (unpaired) electrons. The van der Waals surface area contributed by atoms with Crippen molar-refractivity contribution in [3.05, 3.63) is 146 Å². The highest BCUT2D eigenvalue weighted by molar-refractivity contribution is 5.76. The zero-order valence-electron chi connectivity index (χ0n) is 50.6. The van der Waals surface area contributed by atoms with E-state index in [4.69, 9.17) is 18.9 Å². The first kappa shape index (κ1) is 75.0. The number of hydrogen-bond acceptors (Lipinski definition) is 13. The maximum Gasteiger partial charge on any atom is 0.220 e. The minimum absolute atomic E-state index is 0.252. The third-order valence-corrected chi connectivity index (χ3v) is 14.2. The van der Waals surface area contributed by atoms with Crippen LogP contribution in [0.3, 0.4) is 0 Å². The van der Waals surface area contributed by atoms with Gasteiger partial charge in [-0.3, -0.25) is 4.79 Å². The summed E-state index contributed by atoms with van der Waals surface area (Å²) in [4.78, 5) is 13.2. The number of hydrogen-bond donors (Lipinski definition) is 9. The van der Waals surface area contributed by atoms with E-state index in [1.807, 2.05) is 6.08 Å². The molecule has 2 saturated heterocycles. The quantitative estimate of drug-likeness (QED) is 0.0204. The molecular weight excluding hydrogens is 1050 g/mol. The molecular formula is C69H111NO13. The van der Waals surface area contributed by atoms with E-state index in [0.29, 0.717) is 12.8 Å². The van der Waals surface area contributed by atoms with E-state index in [1.54, 1.807) is 6.08 Å². The van der Waals surface area contributed by atoms with Gasteiger partial charge < -0.3 is 65.1 Å². The van der Waals surface area contributed by atoms with Gasteiger partial charge in [-0.05, 0) is 109 Å². The van der Waals surface area contributed by atoms with Gasteiger partial charge in [0.25, 0.3) is 0 Å². The minimum atomic E-state index is -1.80. The van der Waals surface area contributed by atoms with Crippen molar-refractivity contribution in [2.45, 2.75) is 261 Å². The van der Waals surface area contributed by atoms with Gasteiger partial charge in [0.1, 0.15) is 48.8 Å². The molecule has 14 heteroatoms. The number of nitrogens with one attached hydrogen (secondary N) is 1. The van der Waals surface area contributed by atoms with Gasteiger partial charge in [-0.15, -0.1) is 0 Å². The second kappa shape index (κ2) is 52.2. The number of aliphatic hydroxyl groups excluding tert-OH is 8. The molecule has 0 saturated carbocycles. The molecule has 2 rings (SSSR count). The Morgan fingerprint density at radius 1 is 0.446 bits per heavy atom. The van der Waals surface area contributed by atoms with Crippen molar-refractivity contribution < 1.29 is 64.6 Å². The van der Waals surface area contributed by atoms with Crippen LogP contribution in [-0.4, -0.2) is 140 Å². The number of carbonyl (C=O) groups is 1. The Hall–Kier alpha value is -4.13. The van der Waals surface area contributed by atoms with Crippen molar-refractivity contribution in [2.24, 2.45) is 0 Å². The van der Waals surface area contributed by atoms with Crippen LogP contribution < -0.4 is 5.32 Å². The summed E-state index contributed by atoms with van der Waals surface area (Å²) >= 11 is 0. The van der Waals surface area contributed by atoms with Gasteiger partial charge in [-0.2, -0.15) is 0 Å². The van der Waals surface area contributed by atoms with Gasteiger partial charge in [0.15, 0.2) is 12.6 Å². The van der Waals surface area contributed by atoms with E-state index < -0.39 is 86.8 Å². The molecule has 0 aromatic rings. The second-order valence-electron chi connectivity index (χ2n) is 21.4. The second-order valence-corrected chi connectivity index (χ2v) is 21.4. The van der Waals surface area contributed by atoms with Crippen molar-refractivity contribution in [2.75, 3.05) is 19.8 Å². The summed E-state index contributed by atoms with van der Waals surface area (Å²) < 4.78 is 22.7. The molecule has 2 fully saturated rings. The molecule has 2 aliphatic rings. The molecule has 0 spiro atoms. The number of allylic oxidation sites excluding steroid dienone is 23. The number of aliphatic hydroxyl groups is 8. The molecule has 2 heterocycles. The maximum atomic E-state index is 13.2. The van der Waals surface area contributed by atoms with Crippen LogP contribution >= 0.6 is 0 Å². The Morgan fingerprint density at radius 2 is 0.843 bits per heavy atom. The Bertz CT molecular complexity index is 1950. The lowest BCUT2D eigenvalue weighted by molar-refractivity contribution is -0.359. The molecule has 83 heavy (non-hydrogen) atoms. The molecule has 470 valence electrons. The molecule has 0 aromatic carbocycles. The number of ether oxygens (including phenoxy) is 4. The normalized spacial score (nSPS) is 24.8. The van der Waals surface area contributed by atoms with Crippen LogP contribution in [0.15, 0.2) is 146 Å². The van der Waals surface area contributed by atoms with Crippen LogP contribution in [-0.2, 0) is 23.7 Å². The zero-order valence-corrected chi connectivity index (χ0v) is 50.6. The molecule has 0 aromatic heterocycles. The van der Waals surface area contributed by atoms with E-state index in [2.05, 4.69) is 153 Å². The third-order valence-electron chi connectivity index (χ3n) is 14.2. The average molecular weight is 1160 g/mol. The number of carbonyl (C=O) groups excluding carboxylic acids is 1. The van der Waals surface area contributed by atoms with Gasteiger partial charge >= 0.3 is 0 Å². The van der Waals surface area contributed by atoms with E-state index in [1.165, 1.54) is 38.5 Å². The topological polar surface area (TPSA) is 228 Å². The maximum absolute atomic E-state index is 13.2. The number of rotatable bonds is 48. The lowest BCUT2D eigenvalue weighted by Gasteiger charge is -2.46. The molecule has 12 unspecified atom stereocenters. The lowest BCUT2D eigenvalue weighted by atomic mass is 9.97. The van der Waals surface area contributed by atoms with Gasteiger partial charge in [0.2, 0.25) is 5.91 Å². The van der Waals surface area contributed by atoms with Crippen LogP contribution in [0.1, 0.15) is 187 Å². The Kier molecular flexibility index (Phi) is 47.2. The van der Waals surface area contributed by atoms with Crippen LogP contribution in [0.25, 0.3) is 0 Å². The summed E-state index contributed by atoms with van der Waals surface area (Å²) in [7, 11) is 0. The molecule has 1 amide bonds. The number of unbranched alkanes of at least 4 members (excludes halogenated alkanes) is 13. The smallest absolute Gasteiger partial charge is 0.220 e. The van der Waals surface area contributed by atoms with E-state index >= 15 is 0 Å². The van der Waals surface area contributed by atoms with Crippen LogP contribution in [0.4, 0.5) is 0 Å². The molecule has 12 atom stereocenters. The van der Waals surface area contributed by atoms with Crippen LogP contribution in [0, 0.1) is 0 Å². The fourth-order valence-electron chi connectivity index (χ4n) is 9.18. The molecule has 0 aliphatic carbocycles. The van der Waals surface area contributed by atoms with E-state index in [-0.39, 0.29) is 18.9 Å². The van der Waals surface area contributed by atoms with Crippen LogP contribution in [0.2, 0.25) is 0 Å². The molecule has 2 aliphatic heterocycles. The highest BCUT2D eigenvalue weighted by Crippen LogP contribution is 2.30. The van der Waals surface area contributed by atoms with Crippen molar-refractivity contribution in [3.8, 4) is 0 Å². The summed E-state index contributed by atoms with van der Waals surface area (Å²) in [6.45, 7) is 2.57. The first-order valence-corrected chi connectivity index (χ1v) is 31.6. The summed E-state index contributed by atoms with van der Waals surface area (Å²) in [5.74, 6) is -0.269. The average Bonchev–Trinajstić information content (AvgIpc) is 3.58. The highest BCUT2D eigenvalue weighted by Gasteiger charge is 2.51. The van der Waals surface area contributed by atoms with Crippen molar-refractivity contribution >= 4 is 5.91 Å². The summed E-state index contributed by atoms with van der Waals surface area (Å²) in [6, 6.07) is -0.951. The monoisotopic (exact) mass is 1160 g/mol. The van der Waals surface area contributed by atoms with Gasteiger partial charge in [0, 0.05) is 6.42 Å². The van der Waals surface area contributed by atoms with Crippen molar-refractivity contribution in [3.63, 3.8) is 0 Å². The molecule has 0 bridgehead atoms. The first-order chi connectivity index (χ1) is 40.6. The van der Waals surface area contributed by atoms with Gasteiger partial charge in [-0.1, -0.05) is 217 Å². The summed E-state index contributed by atoms with van der Waals surface area (Å²) in [6.07, 6.45) is 61.9. The van der Waals surface area contributed by atoms with Gasteiger partial charge in [0.05, 0.1) is 32.0 Å². The van der Waals surface area contributed by atoms with E-state index in [0.717, 1.165) is 116 Å². The van der Waals surface area contributed by atoms with Crippen LogP contribution in [0.5, 0.6) is 0 Å². The lowest BCUT2D eigenvalue weighted by Crippen LogP contribution is -2.65. The van der Waals surface area contributed by atoms with Crippen molar-refractivity contribution in [1.29, 1.82) is 0 Å². The predicted molar refractivity (Wildman–Crippen MR) is 336 cm³/mol. The van der Waals surface area contributed by atoms with Gasteiger partial charge in [-0.25, -0.2) is 0 Å². The largest absolute Gasteiger partial charge is 0.394 e. The van der Waals surface area contributed by atoms with E-state index in [9.17, 15) is 45.6 Å². The molecule has 14 nitrogen and oxygen atoms in total. The molecule has 9 N–H and O–H groups in total. The first-order valence-electron chi connectivity index (χ1n) is 31.6. The summed E-state index contributed by atoms with van der Waals surface area (Å²) in [5.41, 5.74) is 0. The van der Waals surface area contributed by atoms with Crippen molar-refractivity contribution in [1.82, 2.24) is 5.32 Å². The minimum Gasteiger partial charge on any atom is -0.394 e. The zero-order chi connectivity index (χ0) is 60.2. The fourth-order valence-corrected chi connectivity index (χ4v) is 9.18. The number of amides is 1. The predicted octanol–water partition coefficient (Wildman–Crippen LogP) is 11.7.